The largest absolute Gasteiger partial charge is 0.487 e. The second kappa shape index (κ2) is 7.17. The van der Waals surface area contributed by atoms with Gasteiger partial charge in [-0.05, 0) is 26.0 Å². The molecule has 0 aliphatic rings. The first kappa shape index (κ1) is 15.4. The van der Waals surface area contributed by atoms with Gasteiger partial charge in [0.15, 0.2) is 0 Å². The molecule has 6 heteroatoms. The summed E-state index contributed by atoms with van der Waals surface area (Å²) in [6.45, 7) is 5.18. The van der Waals surface area contributed by atoms with Crippen LogP contribution in [0.1, 0.15) is 37.6 Å². The second-order valence-corrected chi connectivity index (χ2v) is 5.03. The van der Waals surface area contributed by atoms with Crippen molar-refractivity contribution >= 4 is 0 Å². The lowest BCUT2D eigenvalue weighted by atomic mass is 10.1. The summed E-state index contributed by atoms with van der Waals surface area (Å²) in [4.78, 5) is 0. The maximum Gasteiger partial charge on any atom is 0.134 e. The summed E-state index contributed by atoms with van der Waals surface area (Å²) >= 11 is 0. The van der Waals surface area contributed by atoms with E-state index in [4.69, 9.17) is 4.74 Å². The van der Waals surface area contributed by atoms with Crippen molar-refractivity contribution in [2.75, 3.05) is 6.54 Å². The van der Waals surface area contributed by atoms with E-state index in [0.29, 0.717) is 17.0 Å². The van der Waals surface area contributed by atoms with E-state index in [1.807, 2.05) is 6.92 Å². The molecule has 21 heavy (non-hydrogen) atoms. The number of ether oxygens (including phenoxy) is 1. The molecular formula is C15H21FN4O. The van der Waals surface area contributed by atoms with Crippen molar-refractivity contribution in [3.63, 3.8) is 0 Å². The highest BCUT2D eigenvalue weighted by Gasteiger charge is 2.11. The van der Waals surface area contributed by atoms with Gasteiger partial charge in [0.25, 0.3) is 0 Å². The fourth-order valence-electron chi connectivity index (χ4n) is 2.04. The standard InChI is InChI=1S/C15H21FN4O/c1-4-7-17-11(2)14-6-5-13(8-15(14)16)21-10-12-9-20(3)19-18-12/h5-6,8-9,11,17H,4,7,10H2,1-3H3. The zero-order valence-electron chi connectivity index (χ0n) is 12.6. The normalized spacial score (nSPS) is 12.4. The fourth-order valence-corrected chi connectivity index (χ4v) is 2.04. The van der Waals surface area contributed by atoms with E-state index < -0.39 is 0 Å². The minimum absolute atomic E-state index is 0.0148. The molecule has 1 atom stereocenters. The Kier molecular flexibility index (Phi) is 5.27. The number of nitrogens with zero attached hydrogens (tertiary/aromatic N) is 3. The predicted molar refractivity (Wildman–Crippen MR) is 78.4 cm³/mol. The number of hydrogen-bond acceptors (Lipinski definition) is 4. The number of aryl methyl sites for hydroxylation is 1. The van der Waals surface area contributed by atoms with Gasteiger partial charge in [-0.1, -0.05) is 18.2 Å². The molecule has 1 aromatic heterocycles. The first-order valence-electron chi connectivity index (χ1n) is 7.11. The summed E-state index contributed by atoms with van der Waals surface area (Å²) in [5.41, 5.74) is 1.36. The second-order valence-electron chi connectivity index (χ2n) is 5.03. The molecular weight excluding hydrogens is 271 g/mol. The maximum absolute atomic E-state index is 14.1. The number of hydrogen-bond donors (Lipinski definition) is 1. The highest BCUT2D eigenvalue weighted by Crippen LogP contribution is 2.22. The number of rotatable bonds is 7. The van der Waals surface area contributed by atoms with Crippen molar-refractivity contribution in [1.82, 2.24) is 20.3 Å². The lowest BCUT2D eigenvalue weighted by Gasteiger charge is -2.15. The first-order chi connectivity index (χ1) is 10.1. The fraction of sp³-hybridized carbons (Fsp3) is 0.467. The summed E-state index contributed by atoms with van der Waals surface area (Å²) in [6.07, 6.45) is 2.78. The van der Waals surface area contributed by atoms with Crippen LogP contribution in [-0.2, 0) is 13.7 Å². The van der Waals surface area contributed by atoms with Crippen LogP contribution in [-0.4, -0.2) is 21.5 Å². The summed E-state index contributed by atoms with van der Waals surface area (Å²) < 4.78 is 21.2. The molecule has 1 aromatic carbocycles. The van der Waals surface area contributed by atoms with Crippen LogP contribution < -0.4 is 10.1 Å². The van der Waals surface area contributed by atoms with Crippen LogP contribution in [0.3, 0.4) is 0 Å². The SMILES string of the molecule is CCCNC(C)c1ccc(OCc2cn(C)nn2)cc1F. The molecule has 2 aromatic rings. The Labute approximate surface area is 124 Å². The molecule has 2 rings (SSSR count). The molecule has 5 nitrogen and oxygen atoms in total. The topological polar surface area (TPSA) is 52.0 Å². The van der Waals surface area contributed by atoms with Gasteiger partial charge in [-0.3, -0.25) is 4.68 Å². The van der Waals surface area contributed by atoms with Crippen molar-refractivity contribution < 1.29 is 9.13 Å². The van der Waals surface area contributed by atoms with Crippen LogP contribution in [0, 0.1) is 5.82 Å². The molecule has 1 unspecified atom stereocenters. The molecule has 0 aliphatic carbocycles. The number of benzene rings is 1. The van der Waals surface area contributed by atoms with E-state index >= 15 is 0 Å². The van der Waals surface area contributed by atoms with Gasteiger partial charge in [0.2, 0.25) is 0 Å². The van der Waals surface area contributed by atoms with Crippen molar-refractivity contribution in [3.8, 4) is 5.75 Å². The van der Waals surface area contributed by atoms with Crippen molar-refractivity contribution in [2.24, 2.45) is 7.05 Å². The molecule has 0 aliphatic heterocycles. The Morgan fingerprint density at radius 1 is 1.43 bits per heavy atom. The van der Waals surface area contributed by atoms with E-state index in [2.05, 4.69) is 22.6 Å². The molecule has 0 amide bonds. The zero-order valence-corrected chi connectivity index (χ0v) is 12.6. The number of aromatic nitrogens is 3. The average molecular weight is 292 g/mol. The molecule has 1 N–H and O–H groups in total. The number of nitrogens with one attached hydrogen (secondary N) is 1. The molecule has 114 valence electrons. The monoisotopic (exact) mass is 292 g/mol. The van der Waals surface area contributed by atoms with Crippen LogP contribution >= 0.6 is 0 Å². The third-order valence-corrected chi connectivity index (χ3v) is 3.18. The van der Waals surface area contributed by atoms with Gasteiger partial charge in [0, 0.05) is 24.7 Å². The van der Waals surface area contributed by atoms with E-state index in [1.165, 1.54) is 6.07 Å². The van der Waals surface area contributed by atoms with Gasteiger partial charge in [0.05, 0.1) is 6.20 Å². The van der Waals surface area contributed by atoms with Gasteiger partial charge < -0.3 is 10.1 Å². The molecule has 0 fully saturated rings. The van der Waals surface area contributed by atoms with Crippen LogP contribution in [0.25, 0.3) is 0 Å². The third-order valence-electron chi connectivity index (χ3n) is 3.18. The highest BCUT2D eigenvalue weighted by molar-refractivity contribution is 5.30. The summed E-state index contributed by atoms with van der Waals surface area (Å²) in [5, 5.41) is 11.0. The van der Waals surface area contributed by atoms with Crippen molar-refractivity contribution in [3.05, 3.63) is 41.5 Å². The van der Waals surface area contributed by atoms with Gasteiger partial charge >= 0.3 is 0 Å². The minimum atomic E-state index is -0.261. The molecule has 0 bridgehead atoms. The number of halogens is 1. The van der Waals surface area contributed by atoms with Crippen LogP contribution in [0.2, 0.25) is 0 Å². The van der Waals surface area contributed by atoms with E-state index in [-0.39, 0.29) is 18.5 Å². The lowest BCUT2D eigenvalue weighted by Crippen LogP contribution is -2.20. The van der Waals surface area contributed by atoms with Crippen molar-refractivity contribution in [2.45, 2.75) is 32.9 Å². The van der Waals surface area contributed by atoms with Crippen LogP contribution in [0.4, 0.5) is 4.39 Å². The predicted octanol–water partition coefficient (Wildman–Crippen LogP) is 2.59. The molecule has 0 spiro atoms. The van der Waals surface area contributed by atoms with Crippen LogP contribution in [0.15, 0.2) is 24.4 Å². The zero-order chi connectivity index (χ0) is 15.2. The molecule has 1 heterocycles. The van der Waals surface area contributed by atoms with E-state index in [1.54, 1.807) is 30.1 Å². The Bertz CT molecular complexity index is 585. The van der Waals surface area contributed by atoms with E-state index in [9.17, 15) is 4.39 Å². The summed E-state index contributed by atoms with van der Waals surface area (Å²) in [7, 11) is 1.79. The maximum atomic E-state index is 14.1. The van der Waals surface area contributed by atoms with E-state index in [0.717, 1.165) is 13.0 Å². The summed E-state index contributed by atoms with van der Waals surface area (Å²) in [6, 6.07) is 4.93. The Morgan fingerprint density at radius 3 is 2.86 bits per heavy atom. The first-order valence-corrected chi connectivity index (χ1v) is 7.11. The molecule has 0 radical (unpaired) electrons. The van der Waals surface area contributed by atoms with Crippen LogP contribution in [0.5, 0.6) is 5.75 Å². The minimum Gasteiger partial charge on any atom is -0.487 e. The third kappa shape index (κ3) is 4.26. The molecule has 0 saturated heterocycles. The molecule has 0 saturated carbocycles. The van der Waals surface area contributed by atoms with Gasteiger partial charge in [0.1, 0.15) is 23.9 Å². The Morgan fingerprint density at radius 2 is 2.24 bits per heavy atom. The average Bonchev–Trinajstić information content (AvgIpc) is 2.88. The lowest BCUT2D eigenvalue weighted by molar-refractivity contribution is 0.299. The summed E-state index contributed by atoms with van der Waals surface area (Å²) in [5.74, 6) is 0.229. The van der Waals surface area contributed by atoms with Gasteiger partial charge in [-0.25, -0.2) is 4.39 Å². The van der Waals surface area contributed by atoms with Crippen molar-refractivity contribution in [1.29, 1.82) is 0 Å². The van der Waals surface area contributed by atoms with Gasteiger partial charge in [-0.15, -0.1) is 5.10 Å². The smallest absolute Gasteiger partial charge is 0.134 e. The highest BCUT2D eigenvalue weighted by atomic mass is 19.1. The Balaban J connectivity index is 1.98. The quantitative estimate of drug-likeness (QED) is 0.852. The Hall–Kier alpha value is -1.95. The van der Waals surface area contributed by atoms with Gasteiger partial charge in [-0.2, -0.15) is 0 Å².